The van der Waals surface area contributed by atoms with E-state index in [1.807, 2.05) is 35.8 Å². The molecule has 4 aromatic rings. The Labute approximate surface area is 190 Å². The Hall–Kier alpha value is -3.43. The SMILES string of the molecule is CCOCn1cncc1-c1ccc([C@@H](C)[C@@](O)(Cn2cncn2)c2ccc(F)cc2F)cc1. The molecule has 0 aliphatic heterocycles. The number of halogens is 2. The van der Waals surface area contributed by atoms with E-state index in [-0.39, 0.29) is 12.1 Å². The van der Waals surface area contributed by atoms with Gasteiger partial charge in [-0.25, -0.2) is 23.4 Å². The van der Waals surface area contributed by atoms with Crippen molar-refractivity contribution in [3.8, 4) is 11.3 Å². The van der Waals surface area contributed by atoms with E-state index in [0.717, 1.165) is 29.0 Å². The van der Waals surface area contributed by atoms with Crippen LogP contribution in [0.4, 0.5) is 8.78 Å². The zero-order chi connectivity index (χ0) is 23.4. The maximum Gasteiger partial charge on any atom is 0.137 e. The van der Waals surface area contributed by atoms with E-state index < -0.39 is 23.2 Å². The van der Waals surface area contributed by atoms with Gasteiger partial charge in [0.05, 0.1) is 24.8 Å². The van der Waals surface area contributed by atoms with Crippen LogP contribution in [0.1, 0.15) is 30.9 Å². The Bertz CT molecular complexity index is 1190. The van der Waals surface area contributed by atoms with E-state index in [2.05, 4.69) is 15.1 Å². The fourth-order valence-corrected chi connectivity index (χ4v) is 3.93. The molecule has 0 saturated carbocycles. The minimum atomic E-state index is -1.70. The molecule has 172 valence electrons. The molecule has 0 aliphatic rings. The normalized spacial score (nSPS) is 14.2. The summed E-state index contributed by atoms with van der Waals surface area (Å²) < 4.78 is 37.2. The molecule has 4 rings (SSSR count). The predicted octanol–water partition coefficient (Wildman–Crippen LogP) is 4.11. The van der Waals surface area contributed by atoms with Gasteiger partial charge in [0.2, 0.25) is 0 Å². The largest absolute Gasteiger partial charge is 0.382 e. The smallest absolute Gasteiger partial charge is 0.137 e. The minimum Gasteiger partial charge on any atom is -0.382 e. The maximum atomic E-state index is 14.8. The first-order valence-corrected chi connectivity index (χ1v) is 10.6. The van der Waals surface area contributed by atoms with Crippen molar-refractivity contribution in [2.45, 2.75) is 38.6 Å². The fourth-order valence-electron chi connectivity index (χ4n) is 3.93. The van der Waals surface area contributed by atoms with Gasteiger partial charge in [-0.15, -0.1) is 0 Å². The van der Waals surface area contributed by atoms with Gasteiger partial charge in [-0.1, -0.05) is 37.3 Å². The van der Waals surface area contributed by atoms with Crippen LogP contribution in [-0.4, -0.2) is 36.0 Å². The second-order valence-corrected chi connectivity index (χ2v) is 7.86. The summed E-state index contributed by atoms with van der Waals surface area (Å²) in [5.74, 6) is -2.08. The number of benzene rings is 2. The van der Waals surface area contributed by atoms with E-state index in [0.29, 0.717) is 13.3 Å². The highest BCUT2D eigenvalue weighted by Gasteiger charge is 2.40. The van der Waals surface area contributed by atoms with Crippen molar-refractivity contribution in [3.05, 3.63) is 90.4 Å². The first-order valence-electron chi connectivity index (χ1n) is 10.6. The van der Waals surface area contributed by atoms with Crippen molar-refractivity contribution < 1.29 is 18.6 Å². The van der Waals surface area contributed by atoms with Gasteiger partial charge in [0.1, 0.15) is 36.6 Å². The van der Waals surface area contributed by atoms with Crippen LogP contribution in [0.25, 0.3) is 11.3 Å². The van der Waals surface area contributed by atoms with Gasteiger partial charge in [-0.3, -0.25) is 0 Å². The van der Waals surface area contributed by atoms with E-state index in [1.165, 1.54) is 23.4 Å². The molecule has 33 heavy (non-hydrogen) atoms. The molecule has 2 heterocycles. The first kappa shape index (κ1) is 22.8. The zero-order valence-electron chi connectivity index (χ0n) is 18.4. The summed E-state index contributed by atoms with van der Waals surface area (Å²) in [6.45, 7) is 4.66. The lowest BCUT2D eigenvalue weighted by molar-refractivity contribution is -0.0112. The van der Waals surface area contributed by atoms with Crippen molar-refractivity contribution in [3.63, 3.8) is 0 Å². The molecule has 0 radical (unpaired) electrons. The summed E-state index contributed by atoms with van der Waals surface area (Å²) in [5.41, 5.74) is 0.886. The van der Waals surface area contributed by atoms with Crippen molar-refractivity contribution >= 4 is 0 Å². The third-order valence-electron chi connectivity index (χ3n) is 5.84. The van der Waals surface area contributed by atoms with Gasteiger partial charge in [0, 0.05) is 24.2 Å². The molecule has 0 bridgehead atoms. The summed E-state index contributed by atoms with van der Waals surface area (Å²) >= 11 is 0. The molecule has 0 amide bonds. The van der Waals surface area contributed by atoms with Crippen molar-refractivity contribution in [1.29, 1.82) is 0 Å². The zero-order valence-corrected chi connectivity index (χ0v) is 18.4. The number of imidazole rings is 1. The van der Waals surface area contributed by atoms with Gasteiger partial charge < -0.3 is 14.4 Å². The van der Waals surface area contributed by atoms with Crippen LogP contribution in [-0.2, 0) is 23.6 Å². The van der Waals surface area contributed by atoms with Crippen LogP contribution < -0.4 is 0 Å². The van der Waals surface area contributed by atoms with Gasteiger partial charge in [0.15, 0.2) is 0 Å². The number of aromatic nitrogens is 5. The van der Waals surface area contributed by atoms with Crippen molar-refractivity contribution in [1.82, 2.24) is 24.3 Å². The summed E-state index contributed by atoms with van der Waals surface area (Å²) in [4.78, 5) is 8.11. The average Bonchev–Trinajstić information content (AvgIpc) is 3.49. The third-order valence-corrected chi connectivity index (χ3v) is 5.84. The van der Waals surface area contributed by atoms with Crippen LogP contribution in [0.2, 0.25) is 0 Å². The number of hydrogen-bond donors (Lipinski definition) is 1. The molecule has 0 fully saturated rings. The number of rotatable bonds is 9. The van der Waals surface area contributed by atoms with E-state index in [4.69, 9.17) is 4.74 Å². The molecule has 0 unspecified atom stereocenters. The topological polar surface area (TPSA) is 78.0 Å². The van der Waals surface area contributed by atoms with Crippen molar-refractivity contribution in [2.24, 2.45) is 0 Å². The Morgan fingerprint density at radius 3 is 2.55 bits per heavy atom. The maximum absolute atomic E-state index is 14.8. The molecule has 0 saturated heterocycles. The molecular weight excluding hydrogens is 428 g/mol. The molecule has 2 aromatic heterocycles. The molecule has 0 aliphatic carbocycles. The quantitative estimate of drug-likeness (QED) is 0.413. The molecule has 2 atom stereocenters. The highest BCUT2D eigenvalue weighted by Crippen LogP contribution is 2.40. The highest BCUT2D eigenvalue weighted by atomic mass is 19.1. The number of ether oxygens (including phenoxy) is 1. The van der Waals surface area contributed by atoms with E-state index in [1.54, 1.807) is 19.4 Å². The van der Waals surface area contributed by atoms with Crippen LogP contribution >= 0.6 is 0 Å². The Morgan fingerprint density at radius 2 is 1.88 bits per heavy atom. The van der Waals surface area contributed by atoms with E-state index in [9.17, 15) is 13.9 Å². The summed E-state index contributed by atoms with van der Waals surface area (Å²) in [6.07, 6.45) is 6.25. The minimum absolute atomic E-state index is 0.00855. The van der Waals surface area contributed by atoms with Crippen LogP contribution in [0.3, 0.4) is 0 Å². The molecule has 2 aromatic carbocycles. The average molecular weight is 453 g/mol. The molecule has 1 N–H and O–H groups in total. The van der Waals surface area contributed by atoms with Gasteiger partial charge >= 0.3 is 0 Å². The van der Waals surface area contributed by atoms with Gasteiger partial charge in [0.25, 0.3) is 0 Å². The molecular formula is C24H25F2N5O2. The van der Waals surface area contributed by atoms with Crippen molar-refractivity contribution in [2.75, 3.05) is 6.61 Å². The Kier molecular flexibility index (Phi) is 6.62. The van der Waals surface area contributed by atoms with Gasteiger partial charge in [-0.2, -0.15) is 5.10 Å². The Morgan fingerprint density at radius 1 is 1.09 bits per heavy atom. The standard InChI is InChI=1S/C24H25F2N5O2/c1-3-33-16-30-14-27-11-23(30)19-6-4-18(5-7-19)17(2)24(32,12-31-15-28-13-29-31)21-9-8-20(25)10-22(21)26/h4-11,13-15,17,32H,3,12,16H2,1-2H3/t17-,24+/m1/s1. The highest BCUT2D eigenvalue weighted by molar-refractivity contribution is 5.59. The first-order chi connectivity index (χ1) is 15.9. The number of aliphatic hydroxyl groups is 1. The second kappa shape index (κ2) is 9.60. The third kappa shape index (κ3) is 4.69. The van der Waals surface area contributed by atoms with Crippen LogP contribution in [0, 0.1) is 11.6 Å². The lowest BCUT2D eigenvalue weighted by Crippen LogP contribution is -2.38. The molecule has 9 heteroatoms. The predicted molar refractivity (Wildman–Crippen MR) is 118 cm³/mol. The lowest BCUT2D eigenvalue weighted by atomic mass is 9.77. The summed E-state index contributed by atoms with van der Waals surface area (Å²) in [6, 6.07) is 10.8. The Balaban J connectivity index is 1.68. The van der Waals surface area contributed by atoms with E-state index >= 15 is 0 Å². The summed E-state index contributed by atoms with van der Waals surface area (Å²) in [7, 11) is 0. The monoisotopic (exact) mass is 453 g/mol. The summed E-state index contributed by atoms with van der Waals surface area (Å²) in [5, 5.41) is 15.8. The second-order valence-electron chi connectivity index (χ2n) is 7.86. The number of hydrogen-bond acceptors (Lipinski definition) is 5. The molecule has 0 spiro atoms. The van der Waals surface area contributed by atoms with Crippen LogP contribution in [0.15, 0.2) is 67.6 Å². The number of nitrogens with zero attached hydrogens (tertiary/aromatic N) is 5. The fraction of sp³-hybridized carbons (Fsp3) is 0.292. The van der Waals surface area contributed by atoms with Crippen LogP contribution in [0.5, 0.6) is 0 Å². The lowest BCUT2D eigenvalue weighted by Gasteiger charge is -2.35. The molecule has 7 nitrogen and oxygen atoms in total. The van der Waals surface area contributed by atoms with Gasteiger partial charge in [-0.05, 0) is 24.1 Å².